The zero-order chi connectivity index (χ0) is 21.7. The van der Waals surface area contributed by atoms with Crippen molar-refractivity contribution in [3.8, 4) is 0 Å². The Bertz CT molecular complexity index is 995. The number of aryl methyl sites for hydroxylation is 2. The van der Waals surface area contributed by atoms with E-state index in [1.54, 1.807) is 18.2 Å². The molecule has 9 heteroatoms. The SMILES string of the molecule is Cc1cc(C)cc(C(=O)NCC(=O)NCCN2C(=O)S/C(=C/c3cccs3)C2=O)c1. The summed E-state index contributed by atoms with van der Waals surface area (Å²) in [7, 11) is 0. The van der Waals surface area contributed by atoms with Gasteiger partial charge in [-0.2, -0.15) is 0 Å². The van der Waals surface area contributed by atoms with Gasteiger partial charge in [0.15, 0.2) is 0 Å². The molecule has 0 aliphatic carbocycles. The lowest BCUT2D eigenvalue weighted by molar-refractivity contribution is -0.124. The average Bonchev–Trinajstić information content (AvgIpc) is 3.29. The van der Waals surface area contributed by atoms with Crippen LogP contribution in [0.3, 0.4) is 0 Å². The number of hydrogen-bond donors (Lipinski definition) is 2. The third-order valence-electron chi connectivity index (χ3n) is 4.24. The maximum Gasteiger partial charge on any atom is 0.293 e. The van der Waals surface area contributed by atoms with Crippen LogP contribution >= 0.6 is 23.1 Å². The third-order valence-corrected chi connectivity index (χ3v) is 5.97. The summed E-state index contributed by atoms with van der Waals surface area (Å²) in [6.45, 7) is 3.80. The predicted molar refractivity (Wildman–Crippen MR) is 118 cm³/mol. The Morgan fingerprint density at radius 3 is 2.50 bits per heavy atom. The molecule has 0 radical (unpaired) electrons. The molecular weight excluding hydrogens is 422 g/mol. The van der Waals surface area contributed by atoms with E-state index < -0.39 is 5.91 Å². The second-order valence-corrected chi connectivity index (χ2v) is 8.73. The van der Waals surface area contributed by atoms with E-state index in [1.807, 2.05) is 37.4 Å². The highest BCUT2D eigenvalue weighted by Crippen LogP contribution is 2.32. The lowest BCUT2D eigenvalue weighted by Gasteiger charge is -2.13. The van der Waals surface area contributed by atoms with Crippen LogP contribution in [-0.2, 0) is 9.59 Å². The molecule has 1 aromatic heterocycles. The highest BCUT2D eigenvalue weighted by Gasteiger charge is 2.34. The van der Waals surface area contributed by atoms with E-state index in [9.17, 15) is 19.2 Å². The van der Waals surface area contributed by atoms with Gasteiger partial charge in [-0.25, -0.2) is 0 Å². The molecule has 156 valence electrons. The van der Waals surface area contributed by atoms with Crippen molar-refractivity contribution in [2.75, 3.05) is 19.6 Å². The molecule has 30 heavy (non-hydrogen) atoms. The number of amides is 4. The first kappa shape index (κ1) is 21.8. The molecule has 4 amide bonds. The first-order valence-electron chi connectivity index (χ1n) is 9.25. The molecule has 1 aliphatic heterocycles. The maximum absolute atomic E-state index is 12.4. The van der Waals surface area contributed by atoms with E-state index in [4.69, 9.17) is 0 Å². The van der Waals surface area contributed by atoms with Crippen molar-refractivity contribution >= 4 is 52.1 Å². The first-order chi connectivity index (χ1) is 14.3. The number of carbonyl (C=O) groups is 4. The van der Waals surface area contributed by atoms with E-state index in [0.29, 0.717) is 10.5 Å². The summed E-state index contributed by atoms with van der Waals surface area (Å²) in [5.41, 5.74) is 2.43. The Kier molecular flexibility index (Phi) is 7.07. The fourth-order valence-electron chi connectivity index (χ4n) is 2.93. The monoisotopic (exact) mass is 443 g/mol. The number of nitrogens with zero attached hydrogens (tertiary/aromatic N) is 1. The molecule has 0 saturated carbocycles. The van der Waals surface area contributed by atoms with Crippen molar-refractivity contribution in [1.82, 2.24) is 15.5 Å². The third kappa shape index (κ3) is 5.58. The highest BCUT2D eigenvalue weighted by atomic mass is 32.2. The van der Waals surface area contributed by atoms with Crippen LogP contribution in [0.1, 0.15) is 26.4 Å². The zero-order valence-electron chi connectivity index (χ0n) is 16.6. The number of benzene rings is 1. The number of rotatable bonds is 7. The summed E-state index contributed by atoms with van der Waals surface area (Å²) >= 11 is 2.37. The van der Waals surface area contributed by atoms with Crippen molar-refractivity contribution in [3.05, 3.63) is 62.2 Å². The lowest BCUT2D eigenvalue weighted by atomic mass is 10.1. The topological polar surface area (TPSA) is 95.6 Å². The van der Waals surface area contributed by atoms with Crippen LogP contribution < -0.4 is 10.6 Å². The van der Waals surface area contributed by atoms with E-state index >= 15 is 0 Å². The molecule has 2 aromatic rings. The molecule has 1 fully saturated rings. The van der Waals surface area contributed by atoms with E-state index in [-0.39, 0.29) is 36.7 Å². The molecule has 2 N–H and O–H groups in total. The molecule has 1 aromatic carbocycles. The number of imide groups is 1. The van der Waals surface area contributed by atoms with Crippen molar-refractivity contribution in [2.24, 2.45) is 0 Å². The Morgan fingerprint density at radius 2 is 1.83 bits per heavy atom. The molecule has 0 unspecified atom stereocenters. The second kappa shape index (κ2) is 9.73. The van der Waals surface area contributed by atoms with Gasteiger partial charge in [0.25, 0.3) is 17.1 Å². The Morgan fingerprint density at radius 1 is 1.10 bits per heavy atom. The summed E-state index contributed by atoms with van der Waals surface area (Å²) in [5, 5.41) is 6.72. The summed E-state index contributed by atoms with van der Waals surface area (Å²) in [5.74, 6) is -1.09. The van der Waals surface area contributed by atoms with Gasteiger partial charge in [0.05, 0.1) is 11.4 Å². The van der Waals surface area contributed by atoms with Crippen molar-refractivity contribution in [3.63, 3.8) is 0 Å². The number of thiophene rings is 1. The smallest absolute Gasteiger partial charge is 0.293 e. The van der Waals surface area contributed by atoms with Crippen LogP contribution in [0.5, 0.6) is 0 Å². The Hall–Kier alpha value is -2.91. The Labute approximate surface area is 182 Å². The minimum atomic E-state index is -0.395. The minimum absolute atomic E-state index is 0.0726. The zero-order valence-corrected chi connectivity index (χ0v) is 18.2. The number of carbonyl (C=O) groups excluding carboxylic acids is 4. The molecule has 2 heterocycles. The van der Waals surface area contributed by atoms with Gasteiger partial charge in [0, 0.05) is 23.5 Å². The van der Waals surface area contributed by atoms with Gasteiger partial charge in [-0.15, -0.1) is 11.3 Å². The standard InChI is InChI=1S/C21H21N3O4S2/c1-13-8-14(2)10-15(9-13)19(26)23-12-18(25)22-5-6-24-20(27)17(30-21(24)28)11-16-4-3-7-29-16/h3-4,7-11H,5-6,12H2,1-2H3,(H,22,25)(H,23,26)/b17-11+. The molecular formula is C21H21N3O4S2. The van der Waals surface area contributed by atoms with Crippen molar-refractivity contribution in [1.29, 1.82) is 0 Å². The predicted octanol–water partition coefficient (Wildman–Crippen LogP) is 2.95. The molecule has 3 rings (SSSR count). The summed E-state index contributed by atoms with van der Waals surface area (Å²) in [6.07, 6.45) is 1.69. The molecule has 7 nitrogen and oxygen atoms in total. The van der Waals surface area contributed by atoms with Crippen LogP contribution in [0.25, 0.3) is 6.08 Å². The molecule has 1 aliphatic rings. The number of thioether (sulfide) groups is 1. The van der Waals surface area contributed by atoms with Crippen molar-refractivity contribution < 1.29 is 19.2 Å². The molecule has 0 bridgehead atoms. The maximum atomic E-state index is 12.4. The van der Waals surface area contributed by atoms with Gasteiger partial charge in [0.2, 0.25) is 5.91 Å². The van der Waals surface area contributed by atoms with Gasteiger partial charge >= 0.3 is 0 Å². The summed E-state index contributed by atoms with van der Waals surface area (Å²) in [6, 6.07) is 9.21. The van der Waals surface area contributed by atoms with Crippen LogP contribution in [0.4, 0.5) is 4.79 Å². The quantitative estimate of drug-likeness (QED) is 0.642. The lowest BCUT2D eigenvalue weighted by Crippen LogP contribution is -2.41. The van der Waals surface area contributed by atoms with E-state index in [1.165, 1.54) is 11.3 Å². The van der Waals surface area contributed by atoms with Gasteiger partial charge in [-0.05, 0) is 55.3 Å². The Balaban J connectivity index is 1.44. The van der Waals surface area contributed by atoms with E-state index in [0.717, 1.165) is 32.7 Å². The normalized spacial score (nSPS) is 15.0. The fourth-order valence-corrected chi connectivity index (χ4v) is 4.52. The summed E-state index contributed by atoms with van der Waals surface area (Å²) in [4.78, 5) is 51.0. The largest absolute Gasteiger partial charge is 0.353 e. The van der Waals surface area contributed by atoms with Crippen LogP contribution in [0, 0.1) is 13.8 Å². The second-order valence-electron chi connectivity index (χ2n) is 6.76. The fraction of sp³-hybridized carbons (Fsp3) is 0.238. The summed E-state index contributed by atoms with van der Waals surface area (Å²) < 4.78 is 0. The van der Waals surface area contributed by atoms with E-state index in [2.05, 4.69) is 10.6 Å². The highest BCUT2D eigenvalue weighted by molar-refractivity contribution is 8.18. The van der Waals surface area contributed by atoms with Crippen molar-refractivity contribution in [2.45, 2.75) is 13.8 Å². The van der Waals surface area contributed by atoms with Crippen LogP contribution in [0.2, 0.25) is 0 Å². The molecule has 0 spiro atoms. The van der Waals surface area contributed by atoms with Gasteiger partial charge in [0.1, 0.15) is 0 Å². The number of hydrogen-bond acceptors (Lipinski definition) is 6. The van der Waals surface area contributed by atoms with Crippen LogP contribution in [-0.4, -0.2) is 47.5 Å². The van der Waals surface area contributed by atoms with Gasteiger partial charge < -0.3 is 10.6 Å². The minimum Gasteiger partial charge on any atom is -0.353 e. The average molecular weight is 444 g/mol. The van der Waals surface area contributed by atoms with Gasteiger partial charge in [-0.1, -0.05) is 23.3 Å². The molecule has 1 saturated heterocycles. The first-order valence-corrected chi connectivity index (χ1v) is 10.9. The van der Waals surface area contributed by atoms with Gasteiger partial charge in [-0.3, -0.25) is 24.1 Å². The number of nitrogens with one attached hydrogen (secondary N) is 2. The van der Waals surface area contributed by atoms with Crippen LogP contribution in [0.15, 0.2) is 40.6 Å². The molecule has 0 atom stereocenters.